The summed E-state index contributed by atoms with van der Waals surface area (Å²) in [5, 5.41) is 8.89. The molecule has 0 bridgehead atoms. The lowest BCUT2D eigenvalue weighted by Crippen LogP contribution is -2.11. The van der Waals surface area contributed by atoms with Gasteiger partial charge in [0.25, 0.3) is 5.91 Å². The van der Waals surface area contributed by atoms with Crippen LogP contribution in [0.4, 0.5) is 4.39 Å². The molecular formula is C27H22FN3O3. The molecule has 1 amide bonds. The highest BCUT2D eigenvalue weighted by Gasteiger charge is 2.21. The van der Waals surface area contributed by atoms with Crippen LogP contribution in [0.15, 0.2) is 75.6 Å². The molecule has 170 valence electrons. The van der Waals surface area contributed by atoms with Crippen LogP contribution >= 0.6 is 0 Å². The van der Waals surface area contributed by atoms with Crippen LogP contribution in [0.25, 0.3) is 33.7 Å². The van der Waals surface area contributed by atoms with Crippen molar-refractivity contribution in [2.75, 3.05) is 0 Å². The molecule has 2 heterocycles. The maximum Gasteiger partial charge on any atom is 0.253 e. The molecule has 7 heteroatoms. The summed E-state index contributed by atoms with van der Waals surface area (Å²) in [5.74, 6) is 0.599. The highest BCUT2D eigenvalue weighted by Crippen LogP contribution is 2.34. The molecule has 0 saturated carbocycles. The van der Waals surface area contributed by atoms with Crippen LogP contribution in [-0.4, -0.2) is 16.1 Å². The van der Waals surface area contributed by atoms with Gasteiger partial charge in [0, 0.05) is 22.4 Å². The predicted octanol–water partition coefficient (Wildman–Crippen LogP) is 6.10. The van der Waals surface area contributed by atoms with Crippen LogP contribution < -0.4 is 5.73 Å². The zero-order valence-corrected chi connectivity index (χ0v) is 18.7. The van der Waals surface area contributed by atoms with E-state index in [1.54, 1.807) is 12.1 Å². The van der Waals surface area contributed by atoms with Gasteiger partial charge in [-0.05, 0) is 66.1 Å². The summed E-state index contributed by atoms with van der Waals surface area (Å²) in [6.45, 7) is 4.00. The molecule has 0 unspecified atom stereocenters. The lowest BCUT2D eigenvalue weighted by Gasteiger charge is -2.05. The first-order valence-corrected chi connectivity index (χ1v) is 10.9. The van der Waals surface area contributed by atoms with Crippen LogP contribution in [0.5, 0.6) is 0 Å². The van der Waals surface area contributed by atoms with Gasteiger partial charge in [-0.15, -0.1) is 10.2 Å². The average Bonchev–Trinajstić information content (AvgIpc) is 3.45. The van der Waals surface area contributed by atoms with Gasteiger partial charge in [0.15, 0.2) is 0 Å². The molecular weight excluding hydrogens is 433 g/mol. The number of rotatable bonds is 6. The standard InChI is InChI=1S/C27H22FN3O3/c1-15(2)26-30-31-27(34-26)19-5-3-4-16(13-19)12-17-6-11-22-21(14-17)23(25(29)32)24(33-22)18-7-9-20(28)10-8-18/h3-11,13-15H,12H2,1-2H3,(H2,29,32). The number of aromatic nitrogens is 2. The van der Waals surface area contributed by atoms with Gasteiger partial charge in [-0.1, -0.05) is 32.0 Å². The summed E-state index contributed by atoms with van der Waals surface area (Å²) in [5.41, 5.74) is 9.98. The molecule has 0 spiro atoms. The van der Waals surface area contributed by atoms with Crippen LogP contribution in [0.3, 0.4) is 0 Å². The molecule has 0 atom stereocenters. The third kappa shape index (κ3) is 4.08. The number of primary amides is 1. The normalized spacial score (nSPS) is 11.4. The maximum absolute atomic E-state index is 13.4. The second kappa shape index (κ2) is 8.59. The summed E-state index contributed by atoms with van der Waals surface area (Å²) in [6, 6.07) is 19.3. The van der Waals surface area contributed by atoms with E-state index >= 15 is 0 Å². The Morgan fingerprint density at radius 2 is 1.71 bits per heavy atom. The predicted molar refractivity (Wildman–Crippen MR) is 127 cm³/mol. The zero-order valence-electron chi connectivity index (χ0n) is 18.7. The second-order valence-corrected chi connectivity index (χ2v) is 8.49. The molecule has 0 aliphatic rings. The summed E-state index contributed by atoms with van der Waals surface area (Å²) in [6.07, 6.45) is 0.615. The fourth-order valence-electron chi connectivity index (χ4n) is 3.94. The number of carbonyl (C=O) groups excluding carboxylic acids is 1. The van der Waals surface area contributed by atoms with Crippen molar-refractivity contribution in [3.8, 4) is 22.8 Å². The highest BCUT2D eigenvalue weighted by molar-refractivity contribution is 6.10. The maximum atomic E-state index is 13.4. The average molecular weight is 455 g/mol. The van der Waals surface area contributed by atoms with Gasteiger partial charge in [0.1, 0.15) is 17.2 Å². The van der Waals surface area contributed by atoms with E-state index in [4.69, 9.17) is 14.6 Å². The van der Waals surface area contributed by atoms with Crippen LogP contribution in [0.2, 0.25) is 0 Å². The monoisotopic (exact) mass is 455 g/mol. The minimum Gasteiger partial charge on any atom is -0.455 e. The van der Waals surface area contributed by atoms with Crippen molar-refractivity contribution in [3.63, 3.8) is 0 Å². The third-order valence-corrected chi connectivity index (χ3v) is 5.62. The number of nitrogens with zero attached hydrogens (tertiary/aromatic N) is 2. The Bertz CT molecular complexity index is 1500. The molecule has 34 heavy (non-hydrogen) atoms. The fourth-order valence-corrected chi connectivity index (χ4v) is 3.94. The number of hydrogen-bond acceptors (Lipinski definition) is 5. The molecule has 3 aromatic carbocycles. The molecule has 0 fully saturated rings. The molecule has 2 aromatic heterocycles. The molecule has 5 rings (SSSR count). The minimum atomic E-state index is -0.602. The van der Waals surface area contributed by atoms with Crippen molar-refractivity contribution in [1.29, 1.82) is 0 Å². The van der Waals surface area contributed by atoms with Gasteiger partial charge in [-0.2, -0.15) is 0 Å². The van der Waals surface area contributed by atoms with E-state index in [2.05, 4.69) is 10.2 Å². The smallest absolute Gasteiger partial charge is 0.253 e. The Labute approximate surface area is 195 Å². The topological polar surface area (TPSA) is 95.1 Å². The van der Waals surface area contributed by atoms with E-state index in [-0.39, 0.29) is 17.3 Å². The van der Waals surface area contributed by atoms with E-state index in [0.29, 0.717) is 40.5 Å². The van der Waals surface area contributed by atoms with Gasteiger partial charge in [-0.25, -0.2) is 4.39 Å². The third-order valence-electron chi connectivity index (χ3n) is 5.62. The van der Waals surface area contributed by atoms with Crippen molar-refractivity contribution in [2.45, 2.75) is 26.2 Å². The second-order valence-electron chi connectivity index (χ2n) is 8.49. The van der Waals surface area contributed by atoms with Crippen molar-refractivity contribution in [2.24, 2.45) is 5.73 Å². The van der Waals surface area contributed by atoms with Gasteiger partial charge in [-0.3, -0.25) is 4.79 Å². The number of fused-ring (bicyclic) bond motifs is 1. The fraction of sp³-hybridized carbons (Fsp3) is 0.148. The molecule has 5 aromatic rings. The Morgan fingerprint density at radius 3 is 2.41 bits per heavy atom. The molecule has 0 aliphatic heterocycles. The first-order valence-electron chi connectivity index (χ1n) is 10.9. The van der Waals surface area contributed by atoms with E-state index in [1.807, 2.05) is 56.3 Å². The summed E-state index contributed by atoms with van der Waals surface area (Å²) >= 11 is 0. The van der Waals surface area contributed by atoms with Gasteiger partial charge >= 0.3 is 0 Å². The summed E-state index contributed by atoms with van der Waals surface area (Å²) in [7, 11) is 0. The van der Waals surface area contributed by atoms with Gasteiger partial charge < -0.3 is 14.6 Å². The number of halogens is 1. The number of amides is 1. The number of furan rings is 1. The van der Waals surface area contributed by atoms with E-state index in [0.717, 1.165) is 16.7 Å². The zero-order chi connectivity index (χ0) is 23.8. The Morgan fingerprint density at radius 1 is 0.941 bits per heavy atom. The Kier molecular flexibility index (Phi) is 5.45. The number of nitrogens with two attached hydrogens (primary N) is 1. The molecule has 0 radical (unpaired) electrons. The Hall–Kier alpha value is -4.26. The largest absolute Gasteiger partial charge is 0.455 e. The number of benzene rings is 3. The summed E-state index contributed by atoms with van der Waals surface area (Å²) < 4.78 is 25.1. The quantitative estimate of drug-likeness (QED) is 0.334. The van der Waals surface area contributed by atoms with Crippen LogP contribution in [0, 0.1) is 5.82 Å². The molecule has 0 saturated heterocycles. The molecule has 0 aliphatic carbocycles. The first-order chi connectivity index (χ1) is 16.4. The van der Waals surface area contributed by atoms with Gasteiger partial charge in [0.2, 0.25) is 11.8 Å². The Balaban J connectivity index is 1.50. The minimum absolute atomic E-state index is 0.158. The lowest BCUT2D eigenvalue weighted by molar-refractivity contribution is 0.100. The number of carbonyl (C=O) groups is 1. The van der Waals surface area contributed by atoms with Crippen molar-refractivity contribution in [3.05, 3.63) is 95.1 Å². The molecule has 6 nitrogen and oxygen atoms in total. The van der Waals surface area contributed by atoms with Crippen molar-refractivity contribution in [1.82, 2.24) is 10.2 Å². The van der Waals surface area contributed by atoms with Crippen molar-refractivity contribution >= 4 is 16.9 Å². The first kappa shape index (κ1) is 21.6. The molecule has 2 N–H and O–H groups in total. The van der Waals surface area contributed by atoms with Crippen LogP contribution in [-0.2, 0) is 6.42 Å². The van der Waals surface area contributed by atoms with Gasteiger partial charge in [0.05, 0.1) is 5.56 Å². The lowest BCUT2D eigenvalue weighted by atomic mass is 9.99. The SMILES string of the molecule is CC(C)c1nnc(-c2cccc(Cc3ccc4oc(-c5ccc(F)cc5)c(C(N)=O)c4c3)c2)o1. The van der Waals surface area contributed by atoms with E-state index in [9.17, 15) is 9.18 Å². The van der Waals surface area contributed by atoms with E-state index in [1.165, 1.54) is 12.1 Å². The summed E-state index contributed by atoms with van der Waals surface area (Å²) in [4.78, 5) is 12.3. The van der Waals surface area contributed by atoms with E-state index < -0.39 is 5.91 Å². The van der Waals surface area contributed by atoms with Crippen LogP contribution in [0.1, 0.15) is 47.1 Å². The highest BCUT2D eigenvalue weighted by atomic mass is 19.1. The number of hydrogen-bond donors (Lipinski definition) is 1. The van der Waals surface area contributed by atoms with Crippen molar-refractivity contribution < 1.29 is 18.0 Å².